The highest BCUT2D eigenvalue weighted by Crippen LogP contribution is 2.50. The van der Waals surface area contributed by atoms with E-state index in [1.807, 2.05) is 30.3 Å². The van der Waals surface area contributed by atoms with Crippen molar-refractivity contribution in [2.75, 3.05) is 54.7 Å². The molecule has 0 radical (unpaired) electrons. The molecule has 0 bridgehead atoms. The molecule has 2 heterocycles. The first-order valence-electron chi connectivity index (χ1n) is 13.1. The summed E-state index contributed by atoms with van der Waals surface area (Å²) in [6.45, 7) is 7.62. The van der Waals surface area contributed by atoms with E-state index >= 15 is 0 Å². The molecule has 5 rings (SSSR count). The van der Waals surface area contributed by atoms with Crippen LogP contribution in [0.3, 0.4) is 0 Å². The van der Waals surface area contributed by atoms with Crippen LogP contribution in [0.4, 0.5) is 34.5 Å². The summed E-state index contributed by atoms with van der Waals surface area (Å²) in [5, 5.41) is 11.1. The Hall–Kier alpha value is -2.80. The van der Waals surface area contributed by atoms with Gasteiger partial charge in [-0.1, -0.05) is 23.7 Å². The normalized spacial score (nSPS) is 17.3. The number of para-hydroxylation sites is 1. The summed E-state index contributed by atoms with van der Waals surface area (Å²) >= 11 is 6.42. The van der Waals surface area contributed by atoms with E-state index in [0.717, 1.165) is 41.0 Å². The summed E-state index contributed by atoms with van der Waals surface area (Å²) < 4.78 is 12.8. The van der Waals surface area contributed by atoms with Crippen molar-refractivity contribution in [3.63, 3.8) is 0 Å². The average Bonchev–Trinajstić information content (AvgIpc) is 2.86. The minimum absolute atomic E-state index is 0.370. The number of benzene rings is 2. The van der Waals surface area contributed by atoms with Crippen molar-refractivity contribution in [1.29, 1.82) is 0 Å². The number of aromatic nitrogens is 2. The highest BCUT2D eigenvalue weighted by Gasteiger charge is 2.45. The first-order chi connectivity index (χ1) is 18.1. The van der Waals surface area contributed by atoms with Crippen LogP contribution in [-0.2, 0) is 4.57 Å². The summed E-state index contributed by atoms with van der Waals surface area (Å²) in [7, 11) is -0.435. The molecule has 2 aromatic carbocycles. The highest BCUT2D eigenvalue weighted by molar-refractivity contribution is 7.70. The molecule has 1 spiro atoms. The van der Waals surface area contributed by atoms with Crippen molar-refractivity contribution in [2.24, 2.45) is 5.41 Å². The second-order valence-corrected chi connectivity index (χ2v) is 14.7. The largest absolute Gasteiger partial charge is 0.397 e. The lowest BCUT2D eigenvalue weighted by atomic mass is 9.60. The van der Waals surface area contributed by atoms with Crippen molar-refractivity contribution >= 4 is 58.6 Å². The second-order valence-electron chi connectivity index (χ2n) is 11.1. The highest BCUT2D eigenvalue weighted by atomic mass is 35.5. The predicted molar refractivity (Wildman–Crippen MR) is 161 cm³/mol. The van der Waals surface area contributed by atoms with Gasteiger partial charge in [-0.05, 0) is 88.2 Å². The van der Waals surface area contributed by atoms with E-state index in [4.69, 9.17) is 17.3 Å². The number of hydrogen-bond acceptors (Lipinski definition) is 8. The van der Waals surface area contributed by atoms with Gasteiger partial charge in [0.2, 0.25) is 5.95 Å². The maximum absolute atomic E-state index is 12.8. The van der Waals surface area contributed by atoms with Gasteiger partial charge in [-0.3, -0.25) is 0 Å². The van der Waals surface area contributed by atoms with Crippen LogP contribution in [0.15, 0.2) is 42.6 Å². The molecule has 38 heavy (non-hydrogen) atoms. The van der Waals surface area contributed by atoms with Gasteiger partial charge < -0.3 is 31.1 Å². The molecule has 1 saturated carbocycles. The lowest BCUT2D eigenvalue weighted by molar-refractivity contribution is 0.0567. The molecule has 2 fully saturated rings. The number of nitrogens with zero attached hydrogens (tertiary/aromatic N) is 3. The molecule has 1 aromatic heterocycles. The molecule has 202 valence electrons. The van der Waals surface area contributed by atoms with Crippen LogP contribution in [0.5, 0.6) is 0 Å². The number of rotatable bonds is 7. The molecule has 1 saturated heterocycles. The molecular formula is C28H37ClN7OP. The van der Waals surface area contributed by atoms with Crippen LogP contribution in [0.25, 0.3) is 0 Å². The minimum Gasteiger partial charge on any atom is -0.397 e. The summed E-state index contributed by atoms with van der Waals surface area (Å²) in [5.74, 6) is 0.830. The zero-order chi connectivity index (χ0) is 27.1. The van der Waals surface area contributed by atoms with E-state index < -0.39 is 7.14 Å². The van der Waals surface area contributed by atoms with E-state index in [2.05, 4.69) is 50.9 Å². The lowest BCUT2D eigenvalue weighted by Gasteiger charge is -2.52. The second kappa shape index (κ2) is 10.4. The average molecular weight is 554 g/mol. The molecule has 0 unspecified atom stereocenters. The standard InChI is InChI=1S/C28H37ClN7OP/c1-18-13-24(36-11-9-28(10-12-36)15-19(16-28)31-2)21(30)14-23(18)34-27-32-17-20(29)26(35-27)33-22-7-5-6-8-25(22)38(3,4)37/h5-8,13-14,17,19,31H,9-12,15-16,30H2,1-4H3,(H2,32,33,34,35). The Kier molecular flexibility index (Phi) is 7.33. The van der Waals surface area contributed by atoms with E-state index in [1.54, 1.807) is 19.5 Å². The summed E-state index contributed by atoms with van der Waals surface area (Å²) in [5.41, 5.74) is 11.5. The van der Waals surface area contributed by atoms with Crippen molar-refractivity contribution in [2.45, 2.75) is 38.6 Å². The van der Waals surface area contributed by atoms with Gasteiger partial charge in [-0.25, -0.2) is 4.98 Å². The van der Waals surface area contributed by atoms with Crippen molar-refractivity contribution < 1.29 is 4.57 Å². The van der Waals surface area contributed by atoms with E-state index in [1.165, 1.54) is 25.7 Å². The number of halogens is 1. The Morgan fingerprint density at radius 3 is 2.50 bits per heavy atom. The fraction of sp³-hybridized carbons (Fsp3) is 0.429. The number of hydrogen-bond donors (Lipinski definition) is 4. The first-order valence-corrected chi connectivity index (χ1v) is 16.1. The Morgan fingerprint density at radius 1 is 1.11 bits per heavy atom. The summed E-state index contributed by atoms with van der Waals surface area (Å²) in [6, 6.07) is 12.3. The van der Waals surface area contributed by atoms with E-state index in [-0.39, 0.29) is 0 Å². The van der Waals surface area contributed by atoms with Crippen molar-refractivity contribution in [1.82, 2.24) is 15.3 Å². The number of anilines is 6. The van der Waals surface area contributed by atoms with Crippen LogP contribution in [0.2, 0.25) is 5.02 Å². The maximum atomic E-state index is 12.8. The molecular weight excluding hydrogens is 517 g/mol. The van der Waals surface area contributed by atoms with Gasteiger partial charge in [0, 0.05) is 30.1 Å². The van der Waals surface area contributed by atoms with Gasteiger partial charge in [0.1, 0.15) is 12.2 Å². The lowest BCUT2D eigenvalue weighted by Crippen LogP contribution is -2.53. The van der Waals surface area contributed by atoms with Crippen LogP contribution in [0.1, 0.15) is 31.2 Å². The summed E-state index contributed by atoms with van der Waals surface area (Å²) in [6.07, 6.45) is 6.55. The Morgan fingerprint density at radius 2 is 1.82 bits per heavy atom. The maximum Gasteiger partial charge on any atom is 0.229 e. The monoisotopic (exact) mass is 553 g/mol. The quantitative estimate of drug-likeness (QED) is 0.217. The van der Waals surface area contributed by atoms with Gasteiger partial charge >= 0.3 is 0 Å². The van der Waals surface area contributed by atoms with E-state index in [9.17, 15) is 4.57 Å². The third-order valence-corrected chi connectivity index (χ3v) is 9.86. The fourth-order valence-corrected chi connectivity index (χ4v) is 7.04. The third kappa shape index (κ3) is 5.49. The van der Waals surface area contributed by atoms with Crippen LogP contribution >= 0.6 is 18.7 Å². The minimum atomic E-state index is -2.50. The van der Waals surface area contributed by atoms with Crippen LogP contribution in [0, 0.1) is 12.3 Å². The summed E-state index contributed by atoms with van der Waals surface area (Å²) in [4.78, 5) is 11.4. The molecule has 1 aliphatic heterocycles. The Labute approximate surface area is 230 Å². The molecule has 8 nitrogen and oxygen atoms in total. The first kappa shape index (κ1) is 26.8. The van der Waals surface area contributed by atoms with Crippen molar-refractivity contribution in [3.05, 3.63) is 53.2 Å². The fourth-order valence-electron chi connectivity index (χ4n) is 5.75. The van der Waals surface area contributed by atoms with Crippen LogP contribution in [-0.4, -0.2) is 49.5 Å². The number of aryl methyl sites for hydroxylation is 1. The molecule has 0 atom stereocenters. The molecule has 2 aliphatic rings. The van der Waals surface area contributed by atoms with Gasteiger partial charge in [0.15, 0.2) is 5.82 Å². The topological polar surface area (TPSA) is 108 Å². The van der Waals surface area contributed by atoms with Gasteiger partial charge in [0.05, 0.1) is 23.3 Å². The smallest absolute Gasteiger partial charge is 0.229 e. The molecule has 0 amide bonds. The van der Waals surface area contributed by atoms with Gasteiger partial charge in [0.25, 0.3) is 0 Å². The number of piperidine rings is 1. The molecule has 5 N–H and O–H groups in total. The predicted octanol–water partition coefficient (Wildman–Crippen LogP) is 5.72. The molecule has 10 heteroatoms. The zero-order valence-corrected chi connectivity index (χ0v) is 24.2. The van der Waals surface area contributed by atoms with Crippen molar-refractivity contribution in [3.8, 4) is 0 Å². The number of nitrogens with one attached hydrogen (secondary N) is 3. The van der Waals surface area contributed by atoms with E-state index in [0.29, 0.717) is 33.9 Å². The molecule has 3 aromatic rings. The Bertz CT molecular complexity index is 1380. The van der Waals surface area contributed by atoms with Crippen LogP contribution < -0.4 is 31.9 Å². The van der Waals surface area contributed by atoms with Gasteiger partial charge in [-0.15, -0.1) is 0 Å². The third-order valence-electron chi connectivity index (χ3n) is 8.03. The Balaban J connectivity index is 1.31. The number of nitrogen functional groups attached to an aromatic ring is 1. The molecule has 1 aliphatic carbocycles. The SMILES string of the molecule is CNC1CC2(CCN(c3cc(C)c(Nc4ncc(Cl)c(Nc5ccccc5P(C)(C)=O)n4)cc3N)CC2)C1. The van der Waals surface area contributed by atoms with Gasteiger partial charge in [-0.2, -0.15) is 4.98 Å². The number of nitrogens with two attached hydrogens (primary N) is 1. The zero-order valence-electron chi connectivity index (χ0n) is 22.5.